The number of hydrogen-bond donors (Lipinski definition) is 2. The second-order valence-corrected chi connectivity index (χ2v) is 9.07. The fourth-order valence-electron chi connectivity index (χ4n) is 3.25. The number of rotatable bonds is 7. The van der Waals surface area contributed by atoms with E-state index in [4.69, 9.17) is 0 Å². The summed E-state index contributed by atoms with van der Waals surface area (Å²) in [5.41, 5.74) is -11.6. The molecule has 0 bridgehead atoms. The molecule has 2 aromatic carbocycles. The first-order chi connectivity index (χ1) is 19.4. The second-order valence-electron chi connectivity index (χ2n) is 8.22. The van der Waals surface area contributed by atoms with Gasteiger partial charge in [0.25, 0.3) is 5.91 Å². The largest absolute Gasteiger partial charge is 0.435 e. The van der Waals surface area contributed by atoms with E-state index in [0.717, 1.165) is 12.1 Å². The SMILES string of the molecule is CN(CC(F)(F)F)C(=O)C(=O)Nc1cccc(C(=O)Nc2c(Br)cc(C(F)(C(F)(F)F)C(F)(F)F)cc2OC(F)F)c1F. The molecule has 0 aliphatic rings. The van der Waals surface area contributed by atoms with Gasteiger partial charge >= 0.3 is 42.6 Å². The predicted molar refractivity (Wildman–Crippen MR) is 122 cm³/mol. The number of likely N-dealkylation sites (N-methyl/N-ethyl adjacent to an activating group) is 1. The average Bonchev–Trinajstić information content (AvgIpc) is 2.83. The van der Waals surface area contributed by atoms with E-state index in [0.29, 0.717) is 13.1 Å². The monoisotopic (exact) mass is 709 g/mol. The summed E-state index contributed by atoms with van der Waals surface area (Å²) >= 11 is 2.42. The molecule has 0 spiro atoms. The third-order valence-electron chi connectivity index (χ3n) is 5.14. The van der Waals surface area contributed by atoms with Crippen molar-refractivity contribution in [1.82, 2.24) is 4.90 Å². The van der Waals surface area contributed by atoms with Gasteiger partial charge in [0.05, 0.1) is 16.9 Å². The Bertz CT molecular complexity index is 1380. The molecule has 0 unspecified atom stereocenters. The number of halogens is 14. The summed E-state index contributed by atoms with van der Waals surface area (Å²) in [6.07, 6.45) is -18.2. The molecule has 43 heavy (non-hydrogen) atoms. The Morgan fingerprint density at radius 2 is 1.49 bits per heavy atom. The fourth-order valence-corrected chi connectivity index (χ4v) is 3.79. The Morgan fingerprint density at radius 3 is 1.98 bits per heavy atom. The summed E-state index contributed by atoms with van der Waals surface area (Å²) in [4.78, 5) is 36.5. The van der Waals surface area contributed by atoms with Gasteiger partial charge in [0.15, 0.2) is 11.6 Å². The number of amides is 3. The smallest absolute Gasteiger partial charge is 0.433 e. The van der Waals surface area contributed by atoms with Crippen molar-refractivity contribution >= 4 is 45.0 Å². The molecule has 7 nitrogen and oxygen atoms in total. The Kier molecular flexibility index (Phi) is 10.3. The number of benzene rings is 2. The van der Waals surface area contributed by atoms with E-state index < -0.39 is 99.7 Å². The highest BCUT2D eigenvalue weighted by atomic mass is 79.9. The number of hydrogen-bond acceptors (Lipinski definition) is 4. The van der Waals surface area contributed by atoms with E-state index >= 15 is 0 Å². The number of carbonyl (C=O) groups excluding carboxylic acids is 3. The fraction of sp³-hybridized carbons (Fsp3) is 0.318. The number of ether oxygens (including phenoxy) is 1. The van der Waals surface area contributed by atoms with Crippen LogP contribution in [0.4, 0.5) is 68.5 Å². The van der Waals surface area contributed by atoms with Crippen LogP contribution >= 0.6 is 15.9 Å². The standard InChI is InChI=1S/C22H13BrF13N3O4/c1-39(7-19(27,28)29)17(42)16(41)37-11-4-2-3-9(13(11)24)15(40)38-14-10(23)5-8(6-12(14)43-18(25)26)20(30,21(31,32)33)22(34,35)36/h2-6,18H,7H2,1H3,(H,37,41)(H,38,40). The van der Waals surface area contributed by atoms with Crippen LogP contribution in [0.3, 0.4) is 0 Å². The number of nitrogens with one attached hydrogen (secondary N) is 2. The van der Waals surface area contributed by atoms with Crippen molar-refractivity contribution in [3.63, 3.8) is 0 Å². The second kappa shape index (κ2) is 12.4. The molecular formula is C22H13BrF13N3O4. The molecule has 0 aromatic heterocycles. The quantitative estimate of drug-likeness (QED) is 0.248. The first-order valence-electron chi connectivity index (χ1n) is 10.7. The summed E-state index contributed by atoms with van der Waals surface area (Å²) < 4.78 is 175. The normalized spacial score (nSPS) is 12.7. The van der Waals surface area contributed by atoms with E-state index in [9.17, 15) is 71.5 Å². The average molecular weight is 710 g/mol. The number of alkyl halides is 12. The number of carbonyl (C=O) groups is 3. The maximum absolute atomic E-state index is 15.0. The highest BCUT2D eigenvalue weighted by molar-refractivity contribution is 9.10. The minimum Gasteiger partial charge on any atom is -0.433 e. The molecule has 238 valence electrons. The van der Waals surface area contributed by atoms with Crippen LogP contribution in [-0.2, 0) is 15.3 Å². The van der Waals surface area contributed by atoms with Gasteiger partial charge in [-0.2, -0.15) is 48.3 Å². The van der Waals surface area contributed by atoms with Gasteiger partial charge in [-0.15, -0.1) is 0 Å². The van der Waals surface area contributed by atoms with Crippen molar-refractivity contribution in [1.29, 1.82) is 0 Å². The molecule has 0 aliphatic heterocycles. The van der Waals surface area contributed by atoms with Gasteiger partial charge in [-0.05, 0) is 40.2 Å². The van der Waals surface area contributed by atoms with Gasteiger partial charge in [-0.25, -0.2) is 8.78 Å². The predicted octanol–water partition coefficient (Wildman–Crippen LogP) is 6.69. The van der Waals surface area contributed by atoms with Gasteiger partial charge in [-0.1, -0.05) is 6.07 Å². The molecule has 21 heteroatoms. The zero-order valence-electron chi connectivity index (χ0n) is 20.5. The van der Waals surface area contributed by atoms with Crippen molar-refractivity contribution in [3.8, 4) is 5.75 Å². The van der Waals surface area contributed by atoms with Crippen molar-refractivity contribution < 1.29 is 76.2 Å². The molecule has 0 saturated carbocycles. The topological polar surface area (TPSA) is 87.7 Å². The van der Waals surface area contributed by atoms with Crippen LogP contribution in [0.1, 0.15) is 15.9 Å². The lowest BCUT2D eigenvalue weighted by atomic mass is 9.93. The lowest BCUT2D eigenvalue weighted by molar-refractivity contribution is -0.348. The number of anilines is 2. The molecule has 3 amide bonds. The molecule has 0 radical (unpaired) electrons. The Hall–Kier alpha value is -3.78. The molecule has 0 aliphatic carbocycles. The summed E-state index contributed by atoms with van der Waals surface area (Å²) in [5, 5.41) is 3.26. The summed E-state index contributed by atoms with van der Waals surface area (Å²) in [5.74, 6) is -8.56. The van der Waals surface area contributed by atoms with E-state index in [1.54, 1.807) is 10.6 Å². The molecule has 0 fully saturated rings. The van der Waals surface area contributed by atoms with E-state index in [1.807, 2.05) is 0 Å². The highest BCUT2D eigenvalue weighted by Crippen LogP contribution is 2.55. The minimum atomic E-state index is -6.66. The van der Waals surface area contributed by atoms with Crippen LogP contribution in [0, 0.1) is 5.82 Å². The third-order valence-corrected chi connectivity index (χ3v) is 5.76. The molecule has 2 N–H and O–H groups in total. The van der Waals surface area contributed by atoms with Gasteiger partial charge in [-0.3, -0.25) is 14.4 Å². The Labute approximate surface area is 239 Å². The molecule has 2 rings (SSSR count). The van der Waals surface area contributed by atoms with Crippen molar-refractivity contribution in [2.24, 2.45) is 0 Å². The van der Waals surface area contributed by atoms with Crippen molar-refractivity contribution in [2.75, 3.05) is 24.2 Å². The van der Waals surface area contributed by atoms with Gasteiger partial charge in [0.1, 0.15) is 6.54 Å². The minimum absolute atomic E-state index is 0.0702. The maximum atomic E-state index is 15.0. The number of nitrogens with zero attached hydrogens (tertiary/aromatic N) is 1. The van der Waals surface area contributed by atoms with Crippen LogP contribution in [0.25, 0.3) is 0 Å². The summed E-state index contributed by atoms with van der Waals surface area (Å²) in [6.45, 7) is -5.82. The first kappa shape index (κ1) is 35.4. The van der Waals surface area contributed by atoms with E-state index in [1.165, 1.54) is 0 Å². The van der Waals surface area contributed by atoms with Crippen molar-refractivity contribution in [3.05, 3.63) is 51.7 Å². The molecule has 0 atom stereocenters. The van der Waals surface area contributed by atoms with Gasteiger partial charge in [0, 0.05) is 17.1 Å². The highest BCUT2D eigenvalue weighted by Gasteiger charge is 2.73. The van der Waals surface area contributed by atoms with Crippen LogP contribution < -0.4 is 15.4 Å². The lowest BCUT2D eigenvalue weighted by Crippen LogP contribution is -2.50. The van der Waals surface area contributed by atoms with E-state index in [2.05, 4.69) is 20.7 Å². The first-order valence-corrected chi connectivity index (χ1v) is 11.5. The maximum Gasteiger partial charge on any atom is 0.435 e. The summed E-state index contributed by atoms with van der Waals surface area (Å²) in [6, 6.07) is 1.64. The van der Waals surface area contributed by atoms with Gasteiger partial charge in [0.2, 0.25) is 0 Å². The molecular weight excluding hydrogens is 697 g/mol. The lowest BCUT2D eigenvalue weighted by Gasteiger charge is -2.31. The molecule has 0 heterocycles. The van der Waals surface area contributed by atoms with Crippen LogP contribution in [0.5, 0.6) is 5.75 Å². The third kappa shape index (κ3) is 7.99. The molecule has 2 aromatic rings. The van der Waals surface area contributed by atoms with Gasteiger partial charge < -0.3 is 20.3 Å². The van der Waals surface area contributed by atoms with Crippen LogP contribution in [0.15, 0.2) is 34.8 Å². The zero-order valence-corrected chi connectivity index (χ0v) is 22.1. The molecule has 0 saturated heterocycles. The van der Waals surface area contributed by atoms with Crippen LogP contribution in [0.2, 0.25) is 0 Å². The van der Waals surface area contributed by atoms with Crippen molar-refractivity contribution in [2.45, 2.75) is 30.8 Å². The van der Waals surface area contributed by atoms with E-state index in [-0.39, 0.29) is 11.0 Å². The Balaban J connectivity index is 2.49. The zero-order chi connectivity index (χ0) is 33.3. The summed E-state index contributed by atoms with van der Waals surface area (Å²) in [7, 11) is 0.591. The Morgan fingerprint density at radius 1 is 0.930 bits per heavy atom. The van der Waals surface area contributed by atoms with Crippen LogP contribution in [-0.4, -0.2) is 61.4 Å².